The zero-order valence-electron chi connectivity index (χ0n) is 8.85. The molecule has 0 atom stereocenters. The highest BCUT2D eigenvalue weighted by molar-refractivity contribution is 5.94. The number of ether oxygens (including phenoxy) is 1. The van der Waals surface area contributed by atoms with Crippen molar-refractivity contribution in [2.45, 2.75) is 0 Å². The summed E-state index contributed by atoms with van der Waals surface area (Å²) in [6.45, 7) is 2.68. The van der Waals surface area contributed by atoms with Gasteiger partial charge in [-0.1, -0.05) is 0 Å². The molecule has 1 fully saturated rings. The van der Waals surface area contributed by atoms with E-state index >= 15 is 0 Å². The van der Waals surface area contributed by atoms with E-state index in [1.165, 1.54) is 0 Å². The van der Waals surface area contributed by atoms with Gasteiger partial charge in [0.15, 0.2) is 12.4 Å². The lowest BCUT2D eigenvalue weighted by Crippen LogP contribution is -2.41. The molecule has 4 nitrogen and oxygen atoms in total. The molecule has 0 radical (unpaired) electrons. The average Bonchev–Trinajstić information content (AvgIpc) is 2.30. The Labute approximate surface area is 89.1 Å². The molecule has 0 saturated carbocycles. The summed E-state index contributed by atoms with van der Waals surface area (Å²) in [6.07, 6.45) is 3.77. The van der Waals surface area contributed by atoms with Gasteiger partial charge in [-0.15, -0.1) is 0 Å². The summed E-state index contributed by atoms with van der Waals surface area (Å²) >= 11 is 0. The maximum Gasteiger partial charge on any atom is 0.254 e. The van der Waals surface area contributed by atoms with Gasteiger partial charge in [-0.3, -0.25) is 4.79 Å². The molecule has 15 heavy (non-hydrogen) atoms. The van der Waals surface area contributed by atoms with Crippen molar-refractivity contribution < 1.29 is 14.1 Å². The van der Waals surface area contributed by atoms with Crippen molar-refractivity contribution in [3.05, 3.63) is 30.1 Å². The molecule has 1 amide bonds. The number of pyridine rings is 1. The molecule has 2 rings (SSSR count). The van der Waals surface area contributed by atoms with Gasteiger partial charge in [0.05, 0.1) is 18.8 Å². The van der Waals surface area contributed by atoms with Crippen LogP contribution in [0.15, 0.2) is 24.5 Å². The van der Waals surface area contributed by atoms with E-state index in [0.29, 0.717) is 26.3 Å². The molecule has 0 aromatic carbocycles. The SMILES string of the molecule is C[n+]1ccc(C(=O)N2CCOCC2)cc1. The van der Waals surface area contributed by atoms with Crippen LogP contribution in [-0.4, -0.2) is 37.1 Å². The topological polar surface area (TPSA) is 33.4 Å². The summed E-state index contributed by atoms with van der Waals surface area (Å²) in [6, 6.07) is 3.69. The van der Waals surface area contributed by atoms with Crippen molar-refractivity contribution >= 4 is 5.91 Å². The number of amides is 1. The third-order valence-electron chi connectivity index (χ3n) is 2.52. The quantitative estimate of drug-likeness (QED) is 0.607. The van der Waals surface area contributed by atoms with Gasteiger partial charge in [-0.2, -0.15) is 0 Å². The van der Waals surface area contributed by atoms with Crippen LogP contribution in [0.1, 0.15) is 10.4 Å². The van der Waals surface area contributed by atoms with Crippen LogP contribution in [0, 0.1) is 0 Å². The van der Waals surface area contributed by atoms with Crippen LogP contribution >= 0.6 is 0 Å². The number of carbonyl (C=O) groups excluding carboxylic acids is 1. The van der Waals surface area contributed by atoms with Crippen LogP contribution in [0.5, 0.6) is 0 Å². The number of hydrogen-bond acceptors (Lipinski definition) is 2. The number of aromatic nitrogens is 1. The minimum Gasteiger partial charge on any atom is -0.378 e. The highest BCUT2D eigenvalue weighted by Crippen LogP contribution is 2.05. The van der Waals surface area contributed by atoms with Crippen LogP contribution in [0.2, 0.25) is 0 Å². The van der Waals surface area contributed by atoms with E-state index in [9.17, 15) is 4.79 Å². The molecule has 1 saturated heterocycles. The molecule has 0 bridgehead atoms. The van der Waals surface area contributed by atoms with Crippen molar-refractivity contribution in [3.63, 3.8) is 0 Å². The number of carbonyl (C=O) groups is 1. The van der Waals surface area contributed by atoms with E-state index in [1.54, 1.807) is 0 Å². The predicted molar refractivity (Wildman–Crippen MR) is 54.3 cm³/mol. The number of nitrogens with zero attached hydrogens (tertiary/aromatic N) is 2. The summed E-state index contributed by atoms with van der Waals surface area (Å²) in [5.41, 5.74) is 0.745. The standard InChI is InChI=1S/C11H15N2O2/c1-12-4-2-10(3-5-12)11(14)13-6-8-15-9-7-13/h2-5H,6-9H2,1H3/q+1. The molecule has 0 aliphatic carbocycles. The van der Waals surface area contributed by atoms with Gasteiger partial charge in [0, 0.05) is 25.2 Å². The highest BCUT2D eigenvalue weighted by atomic mass is 16.5. The average molecular weight is 207 g/mol. The Morgan fingerprint density at radius 1 is 1.33 bits per heavy atom. The summed E-state index contributed by atoms with van der Waals surface area (Å²) in [5, 5.41) is 0. The Morgan fingerprint density at radius 2 is 1.93 bits per heavy atom. The van der Waals surface area contributed by atoms with Gasteiger partial charge in [-0.05, 0) is 0 Å². The molecular formula is C11H15N2O2+. The fraction of sp³-hybridized carbons (Fsp3) is 0.455. The first-order valence-corrected chi connectivity index (χ1v) is 5.10. The number of rotatable bonds is 1. The number of hydrogen-bond donors (Lipinski definition) is 0. The van der Waals surface area contributed by atoms with E-state index in [2.05, 4.69) is 0 Å². The second-order valence-electron chi connectivity index (χ2n) is 3.66. The lowest BCUT2D eigenvalue weighted by Gasteiger charge is -2.26. The zero-order chi connectivity index (χ0) is 10.7. The summed E-state index contributed by atoms with van der Waals surface area (Å²) in [7, 11) is 1.93. The maximum atomic E-state index is 12.0. The van der Waals surface area contributed by atoms with E-state index in [-0.39, 0.29) is 5.91 Å². The Hall–Kier alpha value is -1.42. The first-order chi connectivity index (χ1) is 7.27. The summed E-state index contributed by atoms with van der Waals surface area (Å²) < 4.78 is 7.12. The summed E-state index contributed by atoms with van der Waals surface area (Å²) in [4.78, 5) is 13.8. The minimum absolute atomic E-state index is 0.0962. The molecule has 4 heteroatoms. The highest BCUT2D eigenvalue weighted by Gasteiger charge is 2.18. The van der Waals surface area contributed by atoms with E-state index in [4.69, 9.17) is 4.74 Å². The normalized spacial score (nSPS) is 16.5. The van der Waals surface area contributed by atoms with Gasteiger partial charge in [0.25, 0.3) is 5.91 Å². The van der Waals surface area contributed by atoms with Crippen molar-refractivity contribution in [1.82, 2.24) is 4.90 Å². The zero-order valence-corrected chi connectivity index (χ0v) is 8.85. The van der Waals surface area contributed by atoms with E-state index in [1.807, 2.05) is 41.0 Å². The van der Waals surface area contributed by atoms with Crippen LogP contribution < -0.4 is 4.57 Å². The van der Waals surface area contributed by atoms with Gasteiger partial charge < -0.3 is 9.64 Å². The van der Waals surface area contributed by atoms with Gasteiger partial charge in [-0.25, -0.2) is 4.57 Å². The fourth-order valence-electron chi connectivity index (χ4n) is 1.59. The lowest BCUT2D eigenvalue weighted by molar-refractivity contribution is -0.671. The second kappa shape index (κ2) is 4.40. The molecule has 2 heterocycles. The van der Waals surface area contributed by atoms with Crippen molar-refractivity contribution in [1.29, 1.82) is 0 Å². The van der Waals surface area contributed by atoms with Crippen molar-refractivity contribution in [2.75, 3.05) is 26.3 Å². The summed E-state index contributed by atoms with van der Waals surface area (Å²) in [5.74, 6) is 0.0962. The molecule has 1 aromatic rings. The Bertz CT molecular complexity index is 342. The Kier molecular flexibility index (Phi) is 2.97. The molecule has 0 N–H and O–H groups in total. The Balaban J connectivity index is 2.09. The Morgan fingerprint density at radius 3 is 2.53 bits per heavy atom. The molecule has 80 valence electrons. The predicted octanol–water partition coefficient (Wildman–Crippen LogP) is -0.0165. The van der Waals surface area contributed by atoms with Crippen LogP contribution in [0.3, 0.4) is 0 Å². The first-order valence-electron chi connectivity index (χ1n) is 5.10. The number of aryl methyl sites for hydroxylation is 1. The van der Waals surface area contributed by atoms with Crippen LogP contribution in [0.25, 0.3) is 0 Å². The molecule has 0 unspecified atom stereocenters. The van der Waals surface area contributed by atoms with Crippen LogP contribution in [-0.2, 0) is 11.8 Å². The molecule has 1 aliphatic heterocycles. The molecule has 0 spiro atoms. The van der Waals surface area contributed by atoms with E-state index in [0.717, 1.165) is 5.56 Å². The third-order valence-corrected chi connectivity index (χ3v) is 2.52. The second-order valence-corrected chi connectivity index (χ2v) is 3.66. The van der Waals surface area contributed by atoms with Gasteiger partial charge in [0.1, 0.15) is 7.05 Å². The molecule has 1 aromatic heterocycles. The van der Waals surface area contributed by atoms with E-state index < -0.39 is 0 Å². The largest absolute Gasteiger partial charge is 0.378 e. The molecule has 1 aliphatic rings. The number of morpholine rings is 1. The minimum atomic E-state index is 0.0962. The fourth-order valence-corrected chi connectivity index (χ4v) is 1.59. The van der Waals surface area contributed by atoms with Gasteiger partial charge >= 0.3 is 0 Å². The smallest absolute Gasteiger partial charge is 0.254 e. The van der Waals surface area contributed by atoms with Crippen molar-refractivity contribution in [3.8, 4) is 0 Å². The maximum absolute atomic E-state index is 12.0. The third kappa shape index (κ3) is 2.33. The van der Waals surface area contributed by atoms with Crippen LogP contribution in [0.4, 0.5) is 0 Å². The first kappa shape index (κ1) is 10.1. The lowest BCUT2D eigenvalue weighted by atomic mass is 10.2. The van der Waals surface area contributed by atoms with Crippen molar-refractivity contribution in [2.24, 2.45) is 7.05 Å². The van der Waals surface area contributed by atoms with Gasteiger partial charge in [0.2, 0.25) is 0 Å². The monoisotopic (exact) mass is 207 g/mol. The molecular weight excluding hydrogens is 192 g/mol.